The lowest BCUT2D eigenvalue weighted by atomic mass is 10.1. The maximum absolute atomic E-state index is 13.3. The minimum Gasteiger partial charge on any atom is -0.321 e. The number of hydrogen-bond acceptors (Lipinski definition) is 5. The molecule has 0 saturated carbocycles. The molecule has 0 spiro atoms. The summed E-state index contributed by atoms with van der Waals surface area (Å²) in [6, 6.07) is 12.2. The fourth-order valence-electron chi connectivity index (χ4n) is 3.63. The predicted molar refractivity (Wildman–Crippen MR) is 115 cm³/mol. The largest absolute Gasteiger partial charge is 0.321 e. The summed E-state index contributed by atoms with van der Waals surface area (Å²) in [4.78, 5) is 19.3. The minimum absolute atomic E-state index is 0.0380. The number of amides is 1. The zero-order valence-electron chi connectivity index (χ0n) is 17.1. The second kappa shape index (κ2) is 8.85. The van der Waals surface area contributed by atoms with Crippen LogP contribution >= 0.6 is 11.8 Å². The molecule has 1 amide bonds. The predicted octanol–water partition coefficient (Wildman–Crippen LogP) is 3.39. The van der Waals surface area contributed by atoms with Crippen LogP contribution in [0.3, 0.4) is 0 Å². The molecule has 2 heterocycles. The van der Waals surface area contributed by atoms with Gasteiger partial charge in [-0.3, -0.25) is 4.79 Å². The molecule has 29 heavy (non-hydrogen) atoms. The number of aryl methyl sites for hydroxylation is 1. The van der Waals surface area contributed by atoms with Gasteiger partial charge in [-0.15, -0.1) is 0 Å². The highest BCUT2D eigenvalue weighted by atomic mass is 32.2. The molecule has 6 nitrogen and oxygen atoms in total. The van der Waals surface area contributed by atoms with Crippen molar-refractivity contribution in [3.63, 3.8) is 0 Å². The second-order valence-electron chi connectivity index (χ2n) is 7.65. The molecule has 1 aromatic carbocycles. The third-order valence-electron chi connectivity index (χ3n) is 4.99. The number of rotatable bonds is 6. The van der Waals surface area contributed by atoms with Crippen molar-refractivity contribution in [3.8, 4) is 0 Å². The van der Waals surface area contributed by atoms with E-state index in [1.54, 1.807) is 35.4 Å². The third-order valence-corrected chi connectivity index (χ3v) is 7.77. The molecule has 1 aliphatic rings. The molecular formula is C21H27N3O3S2. The Hall–Kier alpha value is -1.90. The number of aromatic nitrogens is 1. The van der Waals surface area contributed by atoms with Crippen LogP contribution in [-0.4, -0.2) is 53.0 Å². The van der Waals surface area contributed by atoms with Crippen LogP contribution in [0.1, 0.15) is 26.3 Å². The lowest BCUT2D eigenvalue weighted by Gasteiger charge is -2.33. The molecule has 0 bridgehead atoms. The van der Waals surface area contributed by atoms with Crippen LogP contribution in [-0.2, 0) is 14.8 Å². The molecule has 3 rings (SSSR count). The van der Waals surface area contributed by atoms with E-state index in [2.05, 4.69) is 4.98 Å². The molecule has 1 aliphatic heterocycles. The molecule has 2 atom stereocenters. The number of nitrogens with zero attached hydrogens (tertiary/aromatic N) is 3. The number of carbonyl (C=O) groups is 1. The van der Waals surface area contributed by atoms with E-state index in [-0.39, 0.29) is 28.5 Å². The van der Waals surface area contributed by atoms with Crippen molar-refractivity contribution in [1.29, 1.82) is 0 Å². The smallest absolute Gasteiger partial charge is 0.244 e. The maximum Gasteiger partial charge on any atom is 0.244 e. The van der Waals surface area contributed by atoms with E-state index < -0.39 is 16.2 Å². The van der Waals surface area contributed by atoms with E-state index in [4.69, 9.17) is 0 Å². The molecule has 1 saturated heterocycles. The summed E-state index contributed by atoms with van der Waals surface area (Å²) in [6.07, 6.45) is 1.19. The first kappa shape index (κ1) is 21.8. The number of hydrogen-bond donors (Lipinski definition) is 0. The molecule has 0 N–H and O–H groups in total. The van der Waals surface area contributed by atoms with Crippen molar-refractivity contribution in [1.82, 2.24) is 14.2 Å². The zero-order valence-corrected chi connectivity index (χ0v) is 18.8. The summed E-state index contributed by atoms with van der Waals surface area (Å²) in [6.45, 7) is 8.02. The molecular weight excluding hydrogens is 406 g/mol. The van der Waals surface area contributed by atoms with Gasteiger partial charge in [0.1, 0.15) is 6.17 Å². The molecule has 0 aliphatic carbocycles. The van der Waals surface area contributed by atoms with Crippen LogP contribution in [0.15, 0.2) is 58.6 Å². The van der Waals surface area contributed by atoms with Crippen LogP contribution in [0.25, 0.3) is 0 Å². The first-order valence-electron chi connectivity index (χ1n) is 9.65. The van der Waals surface area contributed by atoms with Gasteiger partial charge in [-0.2, -0.15) is 4.31 Å². The summed E-state index contributed by atoms with van der Waals surface area (Å²) in [5, 5.41) is 0.776. The van der Waals surface area contributed by atoms with Crippen molar-refractivity contribution in [2.24, 2.45) is 5.92 Å². The summed E-state index contributed by atoms with van der Waals surface area (Å²) in [5.41, 5.74) is 1.00. The molecule has 0 unspecified atom stereocenters. The standard InChI is InChI=1S/C21H27N3O3S2/c1-15(2)21-23(29(26,27)18-10-8-16(3)9-11-18)13-17(4)24(21)20(25)14-28-19-7-5-6-12-22-19/h5-12,15,17,21H,13-14H2,1-4H3/t17-,21-/m1/s1. The SMILES string of the molecule is Cc1ccc(S(=O)(=O)N2C[C@@H](C)N(C(=O)CSc3ccccn3)[C@@H]2C(C)C)cc1. The zero-order chi connectivity index (χ0) is 21.2. The van der Waals surface area contributed by atoms with Gasteiger partial charge in [-0.05, 0) is 44.0 Å². The number of sulfonamides is 1. The average Bonchev–Trinajstić information content (AvgIpc) is 3.05. The van der Waals surface area contributed by atoms with E-state index in [0.29, 0.717) is 6.54 Å². The minimum atomic E-state index is -3.70. The lowest BCUT2D eigenvalue weighted by molar-refractivity contribution is -0.132. The van der Waals surface area contributed by atoms with Crippen LogP contribution in [0.4, 0.5) is 0 Å². The normalized spacial score (nSPS) is 20.4. The Morgan fingerprint density at radius 3 is 2.48 bits per heavy atom. The number of pyridine rings is 1. The number of benzene rings is 1. The van der Waals surface area contributed by atoms with Crippen molar-refractivity contribution >= 4 is 27.7 Å². The monoisotopic (exact) mass is 433 g/mol. The third kappa shape index (κ3) is 4.65. The molecule has 156 valence electrons. The fourth-order valence-corrected chi connectivity index (χ4v) is 6.15. The molecule has 2 aromatic rings. The Morgan fingerprint density at radius 1 is 1.21 bits per heavy atom. The molecule has 0 radical (unpaired) electrons. The van der Waals surface area contributed by atoms with Gasteiger partial charge in [0.15, 0.2) is 0 Å². The van der Waals surface area contributed by atoms with Crippen molar-refractivity contribution < 1.29 is 13.2 Å². The topological polar surface area (TPSA) is 70.6 Å². The van der Waals surface area contributed by atoms with E-state index in [0.717, 1.165) is 10.6 Å². The highest BCUT2D eigenvalue weighted by molar-refractivity contribution is 7.99. The van der Waals surface area contributed by atoms with Crippen LogP contribution in [0.5, 0.6) is 0 Å². The van der Waals surface area contributed by atoms with Gasteiger partial charge in [0, 0.05) is 18.8 Å². The molecule has 1 fully saturated rings. The Labute approximate surface area is 177 Å². The van der Waals surface area contributed by atoms with E-state index in [1.165, 1.54) is 16.1 Å². The number of thioether (sulfide) groups is 1. The summed E-state index contributed by atoms with van der Waals surface area (Å²) < 4.78 is 28.1. The van der Waals surface area contributed by atoms with Crippen LogP contribution < -0.4 is 0 Å². The molecule has 8 heteroatoms. The van der Waals surface area contributed by atoms with Crippen LogP contribution in [0.2, 0.25) is 0 Å². The van der Waals surface area contributed by atoms with Crippen molar-refractivity contribution in [3.05, 3.63) is 54.2 Å². The second-order valence-corrected chi connectivity index (χ2v) is 10.5. The van der Waals surface area contributed by atoms with Gasteiger partial charge >= 0.3 is 0 Å². The highest BCUT2D eigenvalue weighted by Gasteiger charge is 2.47. The Kier molecular flexibility index (Phi) is 6.65. The molecule has 1 aromatic heterocycles. The Bertz CT molecular complexity index is 947. The lowest BCUT2D eigenvalue weighted by Crippen LogP contribution is -2.49. The summed E-state index contributed by atoms with van der Waals surface area (Å²) in [7, 11) is -3.70. The van der Waals surface area contributed by atoms with Gasteiger partial charge < -0.3 is 4.90 Å². The van der Waals surface area contributed by atoms with Gasteiger partial charge in [-0.1, -0.05) is 49.4 Å². The van der Waals surface area contributed by atoms with E-state index >= 15 is 0 Å². The highest BCUT2D eigenvalue weighted by Crippen LogP contribution is 2.32. The Balaban J connectivity index is 1.84. The quantitative estimate of drug-likeness (QED) is 0.653. The fraction of sp³-hybridized carbons (Fsp3) is 0.429. The van der Waals surface area contributed by atoms with Crippen LogP contribution in [0, 0.1) is 12.8 Å². The van der Waals surface area contributed by atoms with E-state index in [1.807, 2.05) is 45.9 Å². The summed E-state index contributed by atoms with van der Waals surface area (Å²) >= 11 is 1.37. The van der Waals surface area contributed by atoms with Crippen molar-refractivity contribution in [2.45, 2.75) is 49.8 Å². The van der Waals surface area contributed by atoms with Crippen molar-refractivity contribution in [2.75, 3.05) is 12.3 Å². The van der Waals surface area contributed by atoms with Gasteiger partial charge in [0.05, 0.1) is 15.7 Å². The number of carbonyl (C=O) groups excluding carboxylic acids is 1. The van der Waals surface area contributed by atoms with Gasteiger partial charge in [-0.25, -0.2) is 13.4 Å². The van der Waals surface area contributed by atoms with Gasteiger partial charge in [0.2, 0.25) is 15.9 Å². The summed E-state index contributed by atoms with van der Waals surface area (Å²) in [5.74, 6) is 0.112. The van der Waals surface area contributed by atoms with Gasteiger partial charge in [0.25, 0.3) is 0 Å². The Morgan fingerprint density at radius 2 is 1.90 bits per heavy atom. The average molecular weight is 434 g/mol. The maximum atomic E-state index is 13.3. The van der Waals surface area contributed by atoms with E-state index in [9.17, 15) is 13.2 Å². The first-order chi connectivity index (χ1) is 13.7. The first-order valence-corrected chi connectivity index (χ1v) is 12.1.